The molecule has 0 bridgehead atoms. The quantitative estimate of drug-likeness (QED) is 0.561. The van der Waals surface area contributed by atoms with Crippen molar-refractivity contribution in [3.63, 3.8) is 0 Å². The van der Waals surface area contributed by atoms with Gasteiger partial charge in [0.2, 0.25) is 0 Å². The minimum Gasteiger partial charge on any atom is -0.361 e. The summed E-state index contributed by atoms with van der Waals surface area (Å²) >= 11 is 11.9. The molecule has 7 heteroatoms. The zero-order valence-corrected chi connectivity index (χ0v) is 13.1. The maximum atomic E-state index is 12.4. The summed E-state index contributed by atoms with van der Waals surface area (Å²) in [6, 6.07) is 6.69. The Bertz CT molecular complexity index is 959. The number of carbonyl (C=O) groups excluding carboxylic acids is 2. The molecule has 0 aliphatic heterocycles. The summed E-state index contributed by atoms with van der Waals surface area (Å²) in [5, 5.41) is 4.00. The van der Waals surface area contributed by atoms with E-state index in [2.05, 4.69) is 15.3 Å². The van der Waals surface area contributed by atoms with E-state index in [1.165, 1.54) is 18.5 Å². The molecule has 23 heavy (non-hydrogen) atoms. The first-order valence-corrected chi connectivity index (χ1v) is 7.28. The molecule has 0 saturated heterocycles. The first kappa shape index (κ1) is 15.3. The summed E-state index contributed by atoms with van der Waals surface area (Å²) in [5.41, 5.74) is 1.38. The smallest absolute Gasteiger partial charge is 0.267 e. The molecule has 0 radical (unpaired) electrons. The zero-order chi connectivity index (χ0) is 16.4. The monoisotopic (exact) mass is 345 g/mol. The van der Waals surface area contributed by atoms with E-state index in [-0.39, 0.29) is 10.6 Å². The van der Waals surface area contributed by atoms with Crippen molar-refractivity contribution in [3.05, 3.63) is 58.5 Å². The molecule has 3 aromatic rings. The van der Waals surface area contributed by atoms with E-state index in [0.717, 1.165) is 5.52 Å². The van der Waals surface area contributed by atoms with Crippen molar-refractivity contribution in [1.82, 2.24) is 9.97 Å². The van der Waals surface area contributed by atoms with E-state index in [9.17, 15) is 9.59 Å². The Balaban J connectivity index is 1.99. The fraction of sp³-hybridized carbons (Fsp3) is 0. The number of carbonyl (C=O) groups is 1. The average Bonchev–Trinajstić information content (AvgIpc) is 2.93. The molecule has 0 saturated carbocycles. The Hall–Kier alpha value is -2.59. The number of fused-ring (bicyclic) bond motifs is 1. The minimum absolute atomic E-state index is 0.147. The summed E-state index contributed by atoms with van der Waals surface area (Å²) < 4.78 is 0. The van der Waals surface area contributed by atoms with Gasteiger partial charge in [0.1, 0.15) is 11.5 Å². The van der Waals surface area contributed by atoms with Gasteiger partial charge in [0, 0.05) is 40.1 Å². The molecule has 0 unspecified atom stereocenters. The number of aromatic nitrogens is 2. The van der Waals surface area contributed by atoms with Crippen molar-refractivity contribution in [2.45, 2.75) is 0 Å². The van der Waals surface area contributed by atoms with Gasteiger partial charge in [-0.05, 0) is 24.3 Å². The number of aromatic amines is 1. The van der Waals surface area contributed by atoms with Crippen LogP contribution in [-0.2, 0) is 9.59 Å². The van der Waals surface area contributed by atoms with E-state index in [0.29, 0.717) is 21.7 Å². The number of hydrogen-bond donors (Lipinski definition) is 2. The second-order valence-electron chi connectivity index (χ2n) is 4.68. The van der Waals surface area contributed by atoms with Gasteiger partial charge in [-0.25, -0.2) is 4.79 Å². The second-order valence-corrected chi connectivity index (χ2v) is 5.52. The molecular formula is C16H9Cl2N3O2. The SMILES string of the molecule is O=C=C(C(=O)Nc1ccncc1Cl)c1c[nH]c2ccc(Cl)cc12. The molecule has 0 aliphatic carbocycles. The van der Waals surface area contributed by atoms with Crippen LogP contribution < -0.4 is 5.32 Å². The highest BCUT2D eigenvalue weighted by atomic mass is 35.5. The van der Waals surface area contributed by atoms with Gasteiger partial charge in [-0.1, -0.05) is 23.2 Å². The number of rotatable bonds is 3. The van der Waals surface area contributed by atoms with Gasteiger partial charge in [-0.2, -0.15) is 0 Å². The predicted octanol–water partition coefficient (Wildman–Crippen LogP) is 3.72. The van der Waals surface area contributed by atoms with Gasteiger partial charge in [-0.15, -0.1) is 0 Å². The maximum absolute atomic E-state index is 12.4. The van der Waals surface area contributed by atoms with E-state index < -0.39 is 5.91 Å². The standard InChI is InChI=1S/C16H9Cl2N3O2/c17-9-1-2-14-10(5-9)11(6-20-14)12(8-22)16(23)21-15-3-4-19-7-13(15)18/h1-7,20H,(H,19,21,23). The lowest BCUT2D eigenvalue weighted by atomic mass is 10.1. The van der Waals surface area contributed by atoms with E-state index in [1.807, 2.05) is 0 Å². The number of nitrogens with zero attached hydrogens (tertiary/aromatic N) is 1. The van der Waals surface area contributed by atoms with Gasteiger partial charge in [0.05, 0.1) is 10.7 Å². The third-order valence-electron chi connectivity index (χ3n) is 3.26. The molecule has 0 atom stereocenters. The summed E-state index contributed by atoms with van der Waals surface area (Å²) in [4.78, 5) is 30.5. The van der Waals surface area contributed by atoms with Crippen LogP contribution in [-0.4, -0.2) is 21.8 Å². The minimum atomic E-state index is -0.617. The lowest BCUT2D eigenvalue weighted by Crippen LogP contribution is -2.14. The molecule has 5 nitrogen and oxygen atoms in total. The number of benzene rings is 1. The first-order chi connectivity index (χ1) is 11.1. The third kappa shape index (κ3) is 2.98. The number of amides is 1. The van der Waals surface area contributed by atoms with Crippen LogP contribution in [0.5, 0.6) is 0 Å². The molecular weight excluding hydrogens is 337 g/mol. The lowest BCUT2D eigenvalue weighted by molar-refractivity contribution is -0.111. The topological polar surface area (TPSA) is 74.8 Å². The number of pyridine rings is 1. The Morgan fingerprint density at radius 3 is 2.83 bits per heavy atom. The molecule has 2 N–H and O–H groups in total. The van der Waals surface area contributed by atoms with Crippen molar-refractivity contribution < 1.29 is 9.59 Å². The first-order valence-electron chi connectivity index (χ1n) is 6.53. The van der Waals surface area contributed by atoms with Crippen LogP contribution in [0.2, 0.25) is 10.0 Å². The molecule has 2 heterocycles. The average molecular weight is 346 g/mol. The van der Waals surface area contributed by atoms with E-state index in [1.54, 1.807) is 30.3 Å². The Labute approximate surface area is 140 Å². The highest BCUT2D eigenvalue weighted by Gasteiger charge is 2.18. The van der Waals surface area contributed by atoms with Gasteiger partial charge >= 0.3 is 0 Å². The number of H-pyrrole nitrogens is 1. The van der Waals surface area contributed by atoms with Crippen LogP contribution >= 0.6 is 23.2 Å². The fourth-order valence-electron chi connectivity index (χ4n) is 2.18. The van der Waals surface area contributed by atoms with Crippen molar-refractivity contribution in [1.29, 1.82) is 0 Å². The Morgan fingerprint density at radius 2 is 2.09 bits per heavy atom. The van der Waals surface area contributed by atoms with Crippen LogP contribution in [0.1, 0.15) is 5.56 Å². The molecule has 3 rings (SSSR count). The van der Waals surface area contributed by atoms with Gasteiger partial charge < -0.3 is 10.3 Å². The number of hydrogen-bond acceptors (Lipinski definition) is 3. The summed E-state index contributed by atoms with van der Waals surface area (Å²) in [6.45, 7) is 0. The zero-order valence-electron chi connectivity index (χ0n) is 11.6. The van der Waals surface area contributed by atoms with E-state index >= 15 is 0 Å². The van der Waals surface area contributed by atoms with Crippen LogP contribution in [0.3, 0.4) is 0 Å². The van der Waals surface area contributed by atoms with Crippen LogP contribution in [0.4, 0.5) is 5.69 Å². The fourth-order valence-corrected chi connectivity index (χ4v) is 2.52. The van der Waals surface area contributed by atoms with E-state index in [4.69, 9.17) is 23.2 Å². The van der Waals surface area contributed by atoms with Crippen molar-refractivity contribution in [2.75, 3.05) is 5.32 Å². The van der Waals surface area contributed by atoms with Crippen molar-refractivity contribution >= 4 is 57.2 Å². The van der Waals surface area contributed by atoms with Crippen LogP contribution in [0.15, 0.2) is 42.9 Å². The Kier molecular flexibility index (Phi) is 4.17. The Morgan fingerprint density at radius 1 is 1.26 bits per heavy atom. The molecule has 0 fully saturated rings. The summed E-state index contributed by atoms with van der Waals surface area (Å²) in [6.07, 6.45) is 4.44. The van der Waals surface area contributed by atoms with Crippen LogP contribution in [0, 0.1) is 0 Å². The van der Waals surface area contributed by atoms with Gasteiger partial charge in [0.15, 0.2) is 0 Å². The molecule has 1 aromatic carbocycles. The normalized spacial score (nSPS) is 10.3. The van der Waals surface area contributed by atoms with Crippen molar-refractivity contribution in [3.8, 4) is 0 Å². The number of anilines is 1. The maximum Gasteiger partial charge on any atom is 0.267 e. The summed E-state index contributed by atoms with van der Waals surface area (Å²) in [7, 11) is 0. The summed E-state index contributed by atoms with van der Waals surface area (Å²) in [5.74, 6) is 1.07. The lowest BCUT2D eigenvalue weighted by Gasteiger charge is -2.07. The highest BCUT2D eigenvalue weighted by Crippen LogP contribution is 2.28. The number of halogens is 2. The largest absolute Gasteiger partial charge is 0.361 e. The van der Waals surface area contributed by atoms with Gasteiger partial charge in [-0.3, -0.25) is 9.78 Å². The highest BCUT2D eigenvalue weighted by molar-refractivity contribution is 6.37. The van der Waals surface area contributed by atoms with Crippen LogP contribution in [0.25, 0.3) is 16.5 Å². The van der Waals surface area contributed by atoms with Crippen molar-refractivity contribution in [2.24, 2.45) is 0 Å². The third-order valence-corrected chi connectivity index (χ3v) is 3.80. The molecule has 0 spiro atoms. The number of nitrogens with one attached hydrogen (secondary N) is 2. The second kappa shape index (κ2) is 6.26. The molecule has 114 valence electrons. The molecule has 0 aliphatic rings. The molecule has 1 amide bonds. The molecule has 2 aromatic heterocycles. The predicted molar refractivity (Wildman–Crippen MR) is 90.3 cm³/mol. The van der Waals surface area contributed by atoms with Gasteiger partial charge in [0.25, 0.3) is 5.91 Å².